The Hall–Kier alpha value is -4.27. The van der Waals surface area contributed by atoms with E-state index in [9.17, 15) is 34.5 Å². The molecule has 5 atom stereocenters. The van der Waals surface area contributed by atoms with Crippen LogP contribution in [0.15, 0.2) is 43.0 Å². The minimum atomic E-state index is -1.62. The summed E-state index contributed by atoms with van der Waals surface area (Å²) in [4.78, 5) is 60.2. The maximum absolute atomic E-state index is 13.4. The number of carbonyl (C=O) groups is 4. The number of hydrogen-bond acceptors (Lipinski definition) is 8. The van der Waals surface area contributed by atoms with Gasteiger partial charge in [-0.1, -0.05) is 18.2 Å². The van der Waals surface area contributed by atoms with Crippen LogP contribution in [0.5, 0.6) is 0 Å². The van der Waals surface area contributed by atoms with Gasteiger partial charge in [0, 0.05) is 41.8 Å². The van der Waals surface area contributed by atoms with E-state index in [4.69, 9.17) is 5.73 Å². The molecule has 3 rings (SSSR count). The van der Waals surface area contributed by atoms with Crippen molar-refractivity contribution in [3.8, 4) is 0 Å². The first-order valence-corrected chi connectivity index (χ1v) is 11.8. The molecule has 3 aromatic rings. The summed E-state index contributed by atoms with van der Waals surface area (Å²) in [6, 6.07) is 1.95. The van der Waals surface area contributed by atoms with Gasteiger partial charge in [-0.15, -0.1) is 0 Å². The maximum atomic E-state index is 13.4. The van der Waals surface area contributed by atoms with Crippen LogP contribution < -0.4 is 21.7 Å². The number of nitrogens with two attached hydrogens (primary N) is 1. The molecule has 3 amide bonds. The van der Waals surface area contributed by atoms with Gasteiger partial charge in [0.25, 0.3) is 0 Å². The number of imidazole rings is 1. The van der Waals surface area contributed by atoms with Crippen molar-refractivity contribution >= 4 is 34.6 Å². The number of aliphatic carboxylic acids is 1. The molecule has 10 N–H and O–H groups in total. The molecule has 5 unspecified atom stereocenters. The first-order valence-electron chi connectivity index (χ1n) is 11.8. The molecule has 0 aliphatic rings. The number of amides is 3. The largest absolute Gasteiger partial charge is 0.480 e. The summed E-state index contributed by atoms with van der Waals surface area (Å²) in [5.74, 6) is -3.85. The third-order valence-corrected chi connectivity index (χ3v) is 5.92. The van der Waals surface area contributed by atoms with Crippen LogP contribution in [-0.2, 0) is 32.0 Å². The van der Waals surface area contributed by atoms with Gasteiger partial charge in [-0.25, -0.2) is 9.78 Å². The van der Waals surface area contributed by atoms with Crippen LogP contribution in [0.3, 0.4) is 0 Å². The van der Waals surface area contributed by atoms with Crippen molar-refractivity contribution in [1.82, 2.24) is 30.9 Å². The van der Waals surface area contributed by atoms with E-state index in [0.717, 1.165) is 10.9 Å². The van der Waals surface area contributed by atoms with E-state index in [1.807, 2.05) is 24.3 Å². The highest BCUT2D eigenvalue weighted by atomic mass is 16.4. The van der Waals surface area contributed by atoms with Crippen LogP contribution in [0.1, 0.15) is 18.2 Å². The zero-order valence-corrected chi connectivity index (χ0v) is 20.5. The summed E-state index contributed by atoms with van der Waals surface area (Å²) in [7, 11) is 0. The summed E-state index contributed by atoms with van der Waals surface area (Å²) in [5, 5.41) is 36.5. The fourth-order valence-electron chi connectivity index (χ4n) is 3.83. The lowest BCUT2D eigenvalue weighted by Gasteiger charge is -2.25. The predicted octanol–water partition coefficient (Wildman–Crippen LogP) is -2.08. The maximum Gasteiger partial charge on any atom is 0.328 e. The van der Waals surface area contributed by atoms with E-state index in [-0.39, 0.29) is 12.8 Å². The number of nitrogens with zero attached hydrogens (tertiary/aromatic N) is 1. The van der Waals surface area contributed by atoms with Crippen molar-refractivity contribution in [3.63, 3.8) is 0 Å². The van der Waals surface area contributed by atoms with E-state index >= 15 is 0 Å². The number of carboxylic acid groups (broad SMARTS) is 1. The number of carboxylic acids is 1. The molecular formula is C24H31N7O7. The molecular weight excluding hydrogens is 498 g/mol. The second-order valence-electron chi connectivity index (χ2n) is 8.82. The second kappa shape index (κ2) is 12.8. The van der Waals surface area contributed by atoms with Gasteiger partial charge in [0.05, 0.1) is 19.0 Å². The van der Waals surface area contributed by atoms with E-state index in [0.29, 0.717) is 11.3 Å². The molecule has 0 aliphatic carbocycles. The highest BCUT2D eigenvalue weighted by Gasteiger charge is 2.32. The van der Waals surface area contributed by atoms with Crippen LogP contribution in [0.4, 0.5) is 0 Å². The summed E-state index contributed by atoms with van der Waals surface area (Å²) in [6.45, 7) is 0.562. The van der Waals surface area contributed by atoms with Crippen LogP contribution in [0.25, 0.3) is 10.9 Å². The van der Waals surface area contributed by atoms with Crippen molar-refractivity contribution in [2.75, 3.05) is 6.61 Å². The zero-order valence-electron chi connectivity index (χ0n) is 20.5. The Morgan fingerprint density at radius 3 is 2.29 bits per heavy atom. The highest BCUT2D eigenvalue weighted by molar-refractivity contribution is 5.95. The first-order chi connectivity index (χ1) is 18.1. The van der Waals surface area contributed by atoms with Crippen LogP contribution in [-0.4, -0.2) is 90.8 Å². The predicted molar refractivity (Wildman–Crippen MR) is 134 cm³/mol. The Labute approximate surface area is 217 Å². The van der Waals surface area contributed by atoms with Crippen molar-refractivity contribution in [2.45, 2.75) is 50.0 Å². The Morgan fingerprint density at radius 1 is 1.00 bits per heavy atom. The van der Waals surface area contributed by atoms with Gasteiger partial charge in [0.15, 0.2) is 6.04 Å². The molecule has 2 heterocycles. The van der Waals surface area contributed by atoms with E-state index in [1.54, 1.807) is 6.20 Å². The number of nitrogens with one attached hydrogen (secondary N) is 5. The van der Waals surface area contributed by atoms with Gasteiger partial charge in [-0.2, -0.15) is 0 Å². The molecule has 0 aliphatic heterocycles. The quantitative estimate of drug-likeness (QED) is 0.118. The van der Waals surface area contributed by atoms with Gasteiger partial charge in [-0.3, -0.25) is 14.4 Å². The van der Waals surface area contributed by atoms with Crippen molar-refractivity contribution in [3.05, 3.63) is 54.2 Å². The monoisotopic (exact) mass is 529 g/mol. The number of rotatable bonds is 13. The molecule has 2 aromatic heterocycles. The number of aliphatic hydroxyl groups is 2. The highest BCUT2D eigenvalue weighted by Crippen LogP contribution is 2.19. The molecule has 14 nitrogen and oxygen atoms in total. The third-order valence-electron chi connectivity index (χ3n) is 5.92. The number of fused-ring (bicyclic) bond motifs is 1. The first kappa shape index (κ1) is 28.3. The smallest absolute Gasteiger partial charge is 0.328 e. The van der Waals surface area contributed by atoms with Crippen LogP contribution in [0, 0.1) is 0 Å². The zero-order chi connectivity index (χ0) is 27.8. The average Bonchev–Trinajstić information content (AvgIpc) is 3.55. The van der Waals surface area contributed by atoms with Crippen molar-refractivity contribution in [2.24, 2.45) is 5.73 Å². The topological polar surface area (TPSA) is 236 Å². The Balaban J connectivity index is 1.87. The lowest BCUT2D eigenvalue weighted by molar-refractivity contribution is -0.145. The number of H-pyrrole nitrogens is 2. The van der Waals surface area contributed by atoms with Gasteiger partial charge in [0.2, 0.25) is 17.7 Å². The standard InChI is InChI=1S/C24H31N7O7/c1-12(33)20(24(37)38)31-23(36)19(7-14-9-26-11-28-14)30-22(35)18(29-21(34)16(25)10-32)6-13-8-27-17-5-3-2-4-15(13)17/h2-5,8-9,11-12,16,18-20,27,32-33H,6-7,10,25H2,1H3,(H,26,28)(H,29,34)(H,30,35)(H,31,36)(H,37,38). The molecule has 14 heteroatoms. The minimum absolute atomic E-state index is 0.0174. The van der Waals surface area contributed by atoms with Gasteiger partial charge in [0.1, 0.15) is 18.1 Å². The molecule has 0 radical (unpaired) electrons. The summed E-state index contributed by atoms with van der Waals surface area (Å²) in [6.07, 6.45) is 3.02. The Kier molecular flexibility index (Phi) is 9.54. The molecule has 38 heavy (non-hydrogen) atoms. The van der Waals surface area contributed by atoms with Crippen molar-refractivity contribution < 1.29 is 34.5 Å². The molecule has 0 bridgehead atoms. The SMILES string of the molecule is CC(O)C(NC(=O)C(Cc1cnc[nH]1)NC(=O)C(Cc1c[nH]c2ccccc12)NC(=O)C(N)CO)C(=O)O. The number of aromatic amines is 2. The lowest BCUT2D eigenvalue weighted by atomic mass is 10.0. The lowest BCUT2D eigenvalue weighted by Crippen LogP contribution is -2.59. The molecule has 1 aromatic carbocycles. The van der Waals surface area contributed by atoms with Gasteiger partial charge < -0.3 is 47.0 Å². The van der Waals surface area contributed by atoms with Crippen LogP contribution >= 0.6 is 0 Å². The summed E-state index contributed by atoms with van der Waals surface area (Å²) >= 11 is 0. The Morgan fingerprint density at radius 2 is 1.66 bits per heavy atom. The van der Waals surface area contributed by atoms with E-state index in [1.165, 1.54) is 19.4 Å². The van der Waals surface area contributed by atoms with E-state index in [2.05, 4.69) is 30.9 Å². The molecule has 0 saturated carbocycles. The number of aromatic nitrogens is 3. The Bertz CT molecular complexity index is 1260. The summed E-state index contributed by atoms with van der Waals surface area (Å²) < 4.78 is 0. The van der Waals surface area contributed by atoms with Crippen molar-refractivity contribution in [1.29, 1.82) is 0 Å². The number of benzene rings is 1. The molecule has 0 spiro atoms. The average molecular weight is 530 g/mol. The van der Waals surface area contributed by atoms with Crippen LogP contribution in [0.2, 0.25) is 0 Å². The fourth-order valence-corrected chi connectivity index (χ4v) is 3.83. The fraction of sp³-hybridized carbons (Fsp3) is 0.375. The normalized spacial score (nSPS) is 15.2. The molecule has 204 valence electrons. The third kappa shape index (κ3) is 7.15. The summed E-state index contributed by atoms with van der Waals surface area (Å²) in [5.41, 5.74) is 7.61. The minimum Gasteiger partial charge on any atom is -0.480 e. The molecule has 0 fully saturated rings. The van der Waals surface area contributed by atoms with Gasteiger partial charge >= 0.3 is 5.97 Å². The number of aliphatic hydroxyl groups excluding tert-OH is 2. The number of hydrogen-bond donors (Lipinski definition) is 9. The number of carbonyl (C=O) groups excluding carboxylic acids is 3. The number of para-hydroxylation sites is 1. The van der Waals surface area contributed by atoms with E-state index < -0.39 is 60.6 Å². The second-order valence-corrected chi connectivity index (χ2v) is 8.82. The molecule has 0 saturated heterocycles. The van der Waals surface area contributed by atoms with Gasteiger partial charge in [-0.05, 0) is 18.6 Å².